The van der Waals surface area contributed by atoms with Crippen LogP contribution in [0.15, 0.2) is 35.1 Å². The molecular weight excluding hydrogens is 519 g/mol. The van der Waals surface area contributed by atoms with Gasteiger partial charge in [0.15, 0.2) is 12.6 Å². The summed E-state index contributed by atoms with van der Waals surface area (Å²) in [6.07, 6.45) is 3.43. The molecule has 40 heavy (non-hydrogen) atoms. The molecule has 2 bridgehead atoms. The quantitative estimate of drug-likeness (QED) is 0.377. The molecule has 2 aliphatic heterocycles. The zero-order valence-corrected chi connectivity index (χ0v) is 23.6. The van der Waals surface area contributed by atoms with Gasteiger partial charge in [-0.25, -0.2) is 14.2 Å². The number of aryl methyl sites for hydroxylation is 1. The maximum Gasteiger partial charge on any atom is 0.410 e. The molecule has 0 spiro atoms. The Labute approximate surface area is 232 Å². The van der Waals surface area contributed by atoms with E-state index in [2.05, 4.69) is 20.1 Å². The second-order valence-corrected chi connectivity index (χ2v) is 11.2. The number of carbonyl (C=O) groups excluding carboxylic acids is 1. The highest BCUT2D eigenvalue weighted by atomic mass is 19.1. The van der Waals surface area contributed by atoms with E-state index >= 15 is 4.39 Å². The molecule has 0 radical (unpaired) electrons. The van der Waals surface area contributed by atoms with Gasteiger partial charge in [-0.1, -0.05) is 5.16 Å². The molecule has 0 saturated carbocycles. The van der Waals surface area contributed by atoms with Crippen LogP contribution in [0, 0.1) is 6.92 Å². The lowest BCUT2D eigenvalue weighted by atomic mass is 9.94. The highest BCUT2D eigenvalue weighted by Crippen LogP contribution is 2.41. The Morgan fingerprint density at radius 2 is 2.02 bits per heavy atom. The maximum atomic E-state index is 15.8. The van der Waals surface area contributed by atoms with Crippen LogP contribution in [0.25, 0.3) is 22.7 Å². The fourth-order valence-corrected chi connectivity index (χ4v) is 5.43. The normalized spacial score (nSPS) is 22.3. The van der Waals surface area contributed by atoms with Gasteiger partial charge in [-0.2, -0.15) is 4.98 Å². The Bertz CT molecular complexity index is 1340. The van der Waals surface area contributed by atoms with Crippen molar-refractivity contribution in [2.75, 3.05) is 25.9 Å². The minimum Gasteiger partial charge on any atom is -0.467 e. The lowest BCUT2D eigenvalue weighted by Gasteiger charge is -2.44. The zero-order chi connectivity index (χ0) is 28.6. The molecule has 1 aromatic carbocycles. The van der Waals surface area contributed by atoms with Crippen molar-refractivity contribution in [2.45, 2.75) is 76.9 Å². The summed E-state index contributed by atoms with van der Waals surface area (Å²) in [5, 5.41) is 3.84. The Kier molecular flexibility index (Phi) is 7.63. The number of fused-ring (bicyclic) bond motifs is 2. The van der Waals surface area contributed by atoms with Crippen molar-refractivity contribution in [3.63, 3.8) is 0 Å². The van der Waals surface area contributed by atoms with Gasteiger partial charge in [0.2, 0.25) is 0 Å². The number of anilines is 1. The first-order chi connectivity index (χ1) is 19.1. The zero-order valence-electron chi connectivity index (χ0n) is 23.6. The van der Waals surface area contributed by atoms with Crippen LogP contribution in [0.4, 0.5) is 15.0 Å². The van der Waals surface area contributed by atoms with E-state index in [4.69, 9.17) is 18.7 Å². The van der Waals surface area contributed by atoms with Gasteiger partial charge in [0.05, 0.1) is 30.2 Å². The molecule has 2 saturated heterocycles. The predicted octanol–water partition coefficient (Wildman–Crippen LogP) is 4.80. The molecule has 2 aromatic heterocycles. The SMILES string of the molecule is COCOc1cc(-c2nc(C)no2)ccc1-c1cnc(N(C)[C@@H]2C[C@H]3CC[C@@H]([C@@H]2F)N3C(=O)OC(C)(C)C)cn1. The summed E-state index contributed by atoms with van der Waals surface area (Å²) in [6, 6.07) is 4.43. The van der Waals surface area contributed by atoms with Gasteiger partial charge in [0.1, 0.15) is 23.3 Å². The number of nitrogens with zero attached hydrogens (tertiary/aromatic N) is 6. The number of rotatable bonds is 7. The second-order valence-electron chi connectivity index (χ2n) is 11.2. The lowest BCUT2D eigenvalue weighted by Crippen LogP contribution is -2.59. The summed E-state index contributed by atoms with van der Waals surface area (Å²) in [5.41, 5.74) is 1.34. The van der Waals surface area contributed by atoms with E-state index in [0.29, 0.717) is 52.9 Å². The fourth-order valence-electron chi connectivity index (χ4n) is 5.43. The Morgan fingerprint density at radius 3 is 2.67 bits per heavy atom. The molecule has 12 heteroatoms. The number of alkyl halides is 1. The van der Waals surface area contributed by atoms with Gasteiger partial charge in [0, 0.05) is 31.3 Å². The minimum atomic E-state index is -1.24. The molecule has 2 fully saturated rings. The van der Waals surface area contributed by atoms with Crippen LogP contribution in [-0.2, 0) is 9.47 Å². The topological polar surface area (TPSA) is 116 Å². The number of ether oxygens (including phenoxy) is 3. The molecule has 0 N–H and O–H groups in total. The number of methoxy groups -OCH3 is 1. The van der Waals surface area contributed by atoms with Crippen LogP contribution in [-0.4, -0.2) is 82.0 Å². The third-order valence-electron chi connectivity index (χ3n) is 7.26. The van der Waals surface area contributed by atoms with E-state index < -0.39 is 29.9 Å². The highest BCUT2D eigenvalue weighted by molar-refractivity contribution is 5.72. The van der Waals surface area contributed by atoms with Crippen LogP contribution in [0.5, 0.6) is 5.75 Å². The first-order valence-electron chi connectivity index (χ1n) is 13.3. The van der Waals surface area contributed by atoms with Crippen LogP contribution in [0.2, 0.25) is 0 Å². The molecule has 214 valence electrons. The number of piperidine rings is 1. The van der Waals surface area contributed by atoms with E-state index in [9.17, 15) is 4.79 Å². The van der Waals surface area contributed by atoms with E-state index in [-0.39, 0.29) is 12.8 Å². The summed E-state index contributed by atoms with van der Waals surface area (Å²) in [4.78, 5) is 29.7. The predicted molar refractivity (Wildman–Crippen MR) is 145 cm³/mol. The molecule has 0 unspecified atom stereocenters. The molecule has 11 nitrogen and oxygen atoms in total. The van der Waals surface area contributed by atoms with Gasteiger partial charge in [-0.05, 0) is 65.2 Å². The third kappa shape index (κ3) is 5.58. The number of halogens is 1. The number of aromatic nitrogens is 4. The third-order valence-corrected chi connectivity index (χ3v) is 7.26. The fraction of sp³-hybridized carbons (Fsp3) is 0.536. The Balaban J connectivity index is 1.34. The number of benzene rings is 1. The number of carbonyl (C=O) groups is 1. The largest absolute Gasteiger partial charge is 0.467 e. The number of amides is 1. The molecular formula is C28H35FN6O5. The van der Waals surface area contributed by atoms with Gasteiger partial charge >= 0.3 is 6.09 Å². The van der Waals surface area contributed by atoms with Crippen molar-refractivity contribution in [3.8, 4) is 28.5 Å². The highest BCUT2D eigenvalue weighted by Gasteiger charge is 2.52. The summed E-state index contributed by atoms with van der Waals surface area (Å²) in [7, 11) is 3.36. The maximum absolute atomic E-state index is 15.8. The van der Waals surface area contributed by atoms with Crippen LogP contribution >= 0.6 is 0 Å². The van der Waals surface area contributed by atoms with Gasteiger partial charge in [0.25, 0.3) is 5.89 Å². The van der Waals surface area contributed by atoms with Crippen LogP contribution in [0.3, 0.4) is 0 Å². The van der Waals surface area contributed by atoms with Crippen molar-refractivity contribution < 1.29 is 27.9 Å². The molecule has 4 atom stereocenters. The van der Waals surface area contributed by atoms with Gasteiger partial charge < -0.3 is 23.6 Å². The Hall–Kier alpha value is -3.80. The monoisotopic (exact) mass is 554 g/mol. The minimum absolute atomic E-state index is 0.0375. The van der Waals surface area contributed by atoms with Crippen molar-refractivity contribution in [1.82, 2.24) is 25.0 Å². The van der Waals surface area contributed by atoms with Crippen molar-refractivity contribution in [2.24, 2.45) is 0 Å². The first kappa shape index (κ1) is 27.8. The average molecular weight is 555 g/mol. The van der Waals surface area contributed by atoms with E-state index in [1.165, 1.54) is 7.11 Å². The van der Waals surface area contributed by atoms with E-state index in [1.807, 2.05) is 44.9 Å². The molecule has 4 heterocycles. The van der Waals surface area contributed by atoms with Crippen molar-refractivity contribution >= 4 is 11.9 Å². The van der Waals surface area contributed by atoms with E-state index in [0.717, 1.165) is 6.42 Å². The van der Waals surface area contributed by atoms with Crippen LogP contribution in [0.1, 0.15) is 45.9 Å². The van der Waals surface area contributed by atoms with Crippen molar-refractivity contribution in [1.29, 1.82) is 0 Å². The first-order valence-corrected chi connectivity index (χ1v) is 13.3. The van der Waals surface area contributed by atoms with Gasteiger partial charge in [-0.3, -0.25) is 9.88 Å². The molecule has 0 aliphatic carbocycles. The smallest absolute Gasteiger partial charge is 0.410 e. The summed E-state index contributed by atoms with van der Waals surface area (Å²) in [6.45, 7) is 7.24. The summed E-state index contributed by atoms with van der Waals surface area (Å²) in [5.74, 6) is 1.96. The summed E-state index contributed by atoms with van der Waals surface area (Å²) < 4.78 is 37.6. The van der Waals surface area contributed by atoms with Crippen molar-refractivity contribution in [3.05, 3.63) is 36.4 Å². The molecule has 1 amide bonds. The van der Waals surface area contributed by atoms with E-state index in [1.54, 1.807) is 30.3 Å². The second kappa shape index (κ2) is 11.0. The lowest BCUT2D eigenvalue weighted by molar-refractivity contribution is -0.0104. The Morgan fingerprint density at radius 1 is 1.23 bits per heavy atom. The summed E-state index contributed by atoms with van der Waals surface area (Å²) >= 11 is 0. The van der Waals surface area contributed by atoms with Gasteiger partial charge in [-0.15, -0.1) is 0 Å². The standard InChI is InChI=1S/C28H35FN6O5/c1-16-32-26(40-33-16)17-7-9-19(23(11-17)38-15-37-6)20-13-31-24(14-30-20)34(5)22-12-18-8-10-21(25(22)29)35(18)27(36)39-28(2,3)4/h7,9,11,13-14,18,21-22,25H,8,10,12,15H2,1-6H3/t18-,21+,22-,25+/m1/s1. The average Bonchev–Trinajstić information content (AvgIpc) is 3.51. The molecule has 5 rings (SSSR count). The molecule has 3 aromatic rings. The number of hydrogen-bond acceptors (Lipinski definition) is 10. The van der Waals surface area contributed by atoms with Crippen LogP contribution < -0.4 is 9.64 Å². The molecule has 2 aliphatic rings. The number of hydrogen-bond donors (Lipinski definition) is 0.